The van der Waals surface area contributed by atoms with Gasteiger partial charge in [-0.2, -0.15) is 13.2 Å². The van der Waals surface area contributed by atoms with E-state index in [1.807, 2.05) is 17.8 Å². The summed E-state index contributed by atoms with van der Waals surface area (Å²) in [5, 5.41) is 0. The van der Waals surface area contributed by atoms with E-state index in [0.717, 1.165) is 44.6 Å². The maximum absolute atomic E-state index is 12.8. The summed E-state index contributed by atoms with van der Waals surface area (Å²) in [4.78, 5) is 8.85. The van der Waals surface area contributed by atoms with Crippen molar-refractivity contribution in [1.82, 2.24) is 19.4 Å². The van der Waals surface area contributed by atoms with Gasteiger partial charge in [-0.25, -0.2) is 4.98 Å². The van der Waals surface area contributed by atoms with E-state index in [9.17, 15) is 13.2 Å². The second-order valence-electron chi connectivity index (χ2n) is 6.20. The number of halogens is 3. The minimum absolute atomic E-state index is 0.556. The molecule has 0 radical (unpaired) electrons. The third kappa shape index (κ3) is 4.15. The fourth-order valence-electron chi connectivity index (χ4n) is 2.96. The molecule has 0 spiro atoms. The summed E-state index contributed by atoms with van der Waals surface area (Å²) in [6.07, 6.45) is -0.560. The van der Waals surface area contributed by atoms with E-state index in [2.05, 4.69) is 14.8 Å². The standard InChI is InChI=1S/C17H21F3N4/c1-22-6-5-21-16(22)13-24-9-7-23(8-10-24)12-14-3-2-4-15(11-14)17(18,19)20/h2-6,11H,7-10,12-13H2,1H3. The van der Waals surface area contributed by atoms with Crippen LogP contribution in [-0.4, -0.2) is 45.5 Å². The molecule has 1 aromatic heterocycles. The molecule has 4 nitrogen and oxygen atoms in total. The van der Waals surface area contributed by atoms with Crippen molar-refractivity contribution in [3.63, 3.8) is 0 Å². The molecule has 1 fully saturated rings. The summed E-state index contributed by atoms with van der Waals surface area (Å²) in [5.74, 6) is 1.03. The highest BCUT2D eigenvalue weighted by molar-refractivity contribution is 5.25. The lowest BCUT2D eigenvalue weighted by molar-refractivity contribution is -0.137. The maximum atomic E-state index is 12.8. The van der Waals surface area contributed by atoms with Crippen molar-refractivity contribution in [1.29, 1.82) is 0 Å². The number of hydrogen-bond acceptors (Lipinski definition) is 3. The first kappa shape index (κ1) is 17.0. The van der Waals surface area contributed by atoms with E-state index >= 15 is 0 Å². The lowest BCUT2D eigenvalue weighted by atomic mass is 10.1. The van der Waals surface area contributed by atoms with Crippen molar-refractivity contribution in [2.24, 2.45) is 7.05 Å². The predicted octanol–water partition coefficient (Wildman–Crippen LogP) is 2.76. The quantitative estimate of drug-likeness (QED) is 0.857. The average Bonchev–Trinajstić information content (AvgIpc) is 2.94. The van der Waals surface area contributed by atoms with Crippen molar-refractivity contribution < 1.29 is 13.2 Å². The van der Waals surface area contributed by atoms with Gasteiger partial charge in [0.25, 0.3) is 0 Å². The van der Waals surface area contributed by atoms with E-state index in [0.29, 0.717) is 12.1 Å². The molecule has 0 amide bonds. The number of hydrogen-bond donors (Lipinski definition) is 0. The average molecular weight is 338 g/mol. The van der Waals surface area contributed by atoms with Gasteiger partial charge in [-0.05, 0) is 11.6 Å². The molecular formula is C17H21F3N4. The number of benzene rings is 1. The fraction of sp³-hybridized carbons (Fsp3) is 0.471. The van der Waals surface area contributed by atoms with Crippen LogP contribution < -0.4 is 0 Å². The molecule has 1 aliphatic rings. The molecule has 24 heavy (non-hydrogen) atoms. The summed E-state index contributed by atoms with van der Waals surface area (Å²) < 4.78 is 40.4. The van der Waals surface area contributed by atoms with Crippen LogP contribution in [0.2, 0.25) is 0 Å². The molecule has 1 saturated heterocycles. The van der Waals surface area contributed by atoms with Crippen LogP contribution >= 0.6 is 0 Å². The molecule has 0 atom stereocenters. The normalized spacial score (nSPS) is 17.3. The maximum Gasteiger partial charge on any atom is 0.416 e. The van der Waals surface area contributed by atoms with Gasteiger partial charge in [0.2, 0.25) is 0 Å². The van der Waals surface area contributed by atoms with Crippen molar-refractivity contribution in [3.8, 4) is 0 Å². The monoisotopic (exact) mass is 338 g/mol. The molecule has 1 aliphatic heterocycles. The summed E-state index contributed by atoms with van der Waals surface area (Å²) in [6.45, 7) is 4.85. The molecule has 130 valence electrons. The Morgan fingerprint density at radius 3 is 2.29 bits per heavy atom. The van der Waals surface area contributed by atoms with Crippen molar-refractivity contribution >= 4 is 0 Å². The number of aromatic nitrogens is 2. The van der Waals surface area contributed by atoms with E-state index in [1.165, 1.54) is 12.1 Å². The number of piperazine rings is 1. The molecule has 0 aliphatic carbocycles. The van der Waals surface area contributed by atoms with Crippen LogP contribution in [0.3, 0.4) is 0 Å². The molecular weight excluding hydrogens is 317 g/mol. The third-order valence-corrected chi connectivity index (χ3v) is 4.41. The van der Waals surface area contributed by atoms with Gasteiger partial charge in [0.1, 0.15) is 5.82 Å². The highest BCUT2D eigenvalue weighted by Gasteiger charge is 2.30. The largest absolute Gasteiger partial charge is 0.416 e. The Balaban J connectivity index is 1.53. The minimum atomic E-state index is -4.28. The first-order valence-corrected chi connectivity index (χ1v) is 7.99. The van der Waals surface area contributed by atoms with Crippen LogP contribution in [-0.2, 0) is 26.3 Å². The van der Waals surface area contributed by atoms with Crippen LogP contribution in [0.25, 0.3) is 0 Å². The second kappa shape index (κ2) is 6.94. The molecule has 1 aromatic carbocycles. The van der Waals surface area contributed by atoms with E-state index in [1.54, 1.807) is 12.3 Å². The zero-order valence-corrected chi connectivity index (χ0v) is 13.6. The van der Waals surface area contributed by atoms with Crippen LogP contribution in [0.15, 0.2) is 36.7 Å². The van der Waals surface area contributed by atoms with Crippen LogP contribution in [0, 0.1) is 0 Å². The molecule has 0 saturated carbocycles. The summed E-state index contributed by atoms with van der Waals surface area (Å²) in [6, 6.07) is 5.61. The Morgan fingerprint density at radius 2 is 1.71 bits per heavy atom. The highest BCUT2D eigenvalue weighted by atomic mass is 19.4. The van der Waals surface area contributed by atoms with Crippen molar-refractivity contribution in [2.75, 3.05) is 26.2 Å². The lowest BCUT2D eigenvalue weighted by Crippen LogP contribution is -2.45. The van der Waals surface area contributed by atoms with Crippen molar-refractivity contribution in [2.45, 2.75) is 19.3 Å². The van der Waals surface area contributed by atoms with Gasteiger partial charge in [0, 0.05) is 52.2 Å². The van der Waals surface area contributed by atoms with Gasteiger partial charge >= 0.3 is 6.18 Å². The molecule has 7 heteroatoms. The van der Waals surface area contributed by atoms with E-state index in [-0.39, 0.29) is 0 Å². The van der Waals surface area contributed by atoms with Crippen LogP contribution in [0.4, 0.5) is 13.2 Å². The zero-order valence-electron chi connectivity index (χ0n) is 13.6. The Kier molecular flexibility index (Phi) is 4.91. The number of rotatable bonds is 4. The van der Waals surface area contributed by atoms with Gasteiger partial charge in [-0.3, -0.25) is 9.80 Å². The Morgan fingerprint density at radius 1 is 1.04 bits per heavy atom. The van der Waals surface area contributed by atoms with Gasteiger partial charge in [0.15, 0.2) is 0 Å². The van der Waals surface area contributed by atoms with E-state index < -0.39 is 11.7 Å². The van der Waals surface area contributed by atoms with Gasteiger partial charge < -0.3 is 4.57 Å². The van der Waals surface area contributed by atoms with E-state index in [4.69, 9.17) is 0 Å². The van der Waals surface area contributed by atoms with Gasteiger partial charge in [-0.15, -0.1) is 0 Å². The predicted molar refractivity (Wildman–Crippen MR) is 85.2 cm³/mol. The summed E-state index contributed by atoms with van der Waals surface area (Å²) in [7, 11) is 1.98. The molecule has 2 aromatic rings. The Hall–Kier alpha value is -1.86. The number of alkyl halides is 3. The lowest BCUT2D eigenvalue weighted by Gasteiger charge is -2.34. The first-order chi connectivity index (χ1) is 11.4. The number of imidazole rings is 1. The molecule has 2 heterocycles. The fourth-order valence-corrected chi connectivity index (χ4v) is 2.96. The second-order valence-corrected chi connectivity index (χ2v) is 6.20. The Bertz CT molecular complexity index is 672. The summed E-state index contributed by atoms with van der Waals surface area (Å²) >= 11 is 0. The molecule has 3 rings (SSSR count). The van der Waals surface area contributed by atoms with Gasteiger partial charge in [0.05, 0.1) is 12.1 Å². The smallest absolute Gasteiger partial charge is 0.337 e. The van der Waals surface area contributed by atoms with Crippen molar-refractivity contribution in [3.05, 3.63) is 53.6 Å². The zero-order chi connectivity index (χ0) is 17.2. The molecule has 0 N–H and O–H groups in total. The number of nitrogens with zero attached hydrogens (tertiary/aromatic N) is 4. The van der Waals surface area contributed by atoms with Crippen LogP contribution in [0.1, 0.15) is 17.0 Å². The molecule has 0 bridgehead atoms. The third-order valence-electron chi connectivity index (χ3n) is 4.41. The summed E-state index contributed by atoms with van der Waals surface area (Å²) in [5.41, 5.74) is 0.135. The highest BCUT2D eigenvalue weighted by Crippen LogP contribution is 2.29. The SMILES string of the molecule is Cn1ccnc1CN1CCN(Cc2cccc(C(F)(F)F)c2)CC1. The minimum Gasteiger partial charge on any atom is -0.337 e. The first-order valence-electron chi connectivity index (χ1n) is 7.99. The molecule has 0 unspecified atom stereocenters. The van der Waals surface area contributed by atoms with Gasteiger partial charge in [-0.1, -0.05) is 18.2 Å². The Labute approximate surface area is 139 Å². The van der Waals surface area contributed by atoms with Crippen LogP contribution in [0.5, 0.6) is 0 Å². The number of aryl methyl sites for hydroxylation is 1. The topological polar surface area (TPSA) is 24.3 Å².